The van der Waals surface area contributed by atoms with Gasteiger partial charge in [0.05, 0.1) is 11.0 Å². The Bertz CT molecular complexity index is 537. The van der Waals surface area contributed by atoms with Crippen LogP contribution in [0, 0.1) is 5.92 Å². The summed E-state index contributed by atoms with van der Waals surface area (Å²) in [6, 6.07) is 8.07. The number of hydrogen-bond acceptors (Lipinski definition) is 2. The van der Waals surface area contributed by atoms with E-state index in [0.29, 0.717) is 5.92 Å². The van der Waals surface area contributed by atoms with Gasteiger partial charge in [-0.3, -0.25) is 0 Å². The van der Waals surface area contributed by atoms with E-state index in [1.807, 2.05) is 18.2 Å². The van der Waals surface area contributed by atoms with Gasteiger partial charge in [0.15, 0.2) is 0 Å². The van der Waals surface area contributed by atoms with Gasteiger partial charge in [-0.25, -0.2) is 4.98 Å². The monoisotopic (exact) mass is 246 g/mol. The highest BCUT2D eigenvalue weighted by Gasteiger charge is 2.25. The highest BCUT2D eigenvalue weighted by Crippen LogP contribution is 2.26. The number of hydrogen-bond donors (Lipinski definition) is 1. The van der Waals surface area contributed by atoms with Crippen LogP contribution in [-0.4, -0.2) is 14.7 Å². The van der Waals surface area contributed by atoms with E-state index in [2.05, 4.69) is 29.5 Å². The van der Waals surface area contributed by atoms with Crippen LogP contribution in [0.4, 0.5) is 0 Å². The molecule has 0 aliphatic rings. The fraction of sp³-hybridized carbons (Fsp3) is 0.533. The molecule has 0 saturated carbocycles. The Hall–Kier alpha value is -1.35. The summed E-state index contributed by atoms with van der Waals surface area (Å²) in [5.41, 5.74) is 1.15. The third kappa shape index (κ3) is 2.41. The summed E-state index contributed by atoms with van der Waals surface area (Å²) < 4.78 is 2.16. The van der Waals surface area contributed by atoms with Crippen molar-refractivity contribution < 1.29 is 5.11 Å². The molecule has 1 unspecified atom stereocenters. The number of imidazole rings is 1. The van der Waals surface area contributed by atoms with E-state index < -0.39 is 5.60 Å². The standard InChI is InChI=1S/C15H22N2O/c1-5-11(2)10-17-13-9-7-6-8-12(13)16-14(17)15(3,4)18/h6-9,11,18H,5,10H2,1-4H3. The SMILES string of the molecule is CCC(C)Cn1c(C(C)(C)O)nc2ccccc21. The number of aliphatic hydroxyl groups is 1. The van der Waals surface area contributed by atoms with Crippen molar-refractivity contribution in [3.05, 3.63) is 30.1 Å². The van der Waals surface area contributed by atoms with Crippen molar-refractivity contribution in [2.75, 3.05) is 0 Å². The van der Waals surface area contributed by atoms with Gasteiger partial charge in [0.25, 0.3) is 0 Å². The zero-order valence-corrected chi connectivity index (χ0v) is 11.6. The molecule has 3 heteroatoms. The second-order valence-electron chi connectivity index (χ2n) is 5.61. The molecule has 0 amide bonds. The maximum Gasteiger partial charge on any atom is 0.141 e. The minimum Gasteiger partial charge on any atom is -0.383 e. The molecule has 18 heavy (non-hydrogen) atoms. The zero-order chi connectivity index (χ0) is 13.3. The van der Waals surface area contributed by atoms with E-state index >= 15 is 0 Å². The Balaban J connectivity index is 2.58. The Morgan fingerprint density at radius 1 is 1.33 bits per heavy atom. The summed E-state index contributed by atoms with van der Waals surface area (Å²) in [4.78, 5) is 4.58. The summed E-state index contributed by atoms with van der Waals surface area (Å²) in [6.07, 6.45) is 1.12. The van der Waals surface area contributed by atoms with Crippen molar-refractivity contribution >= 4 is 11.0 Å². The molecule has 0 fully saturated rings. The van der Waals surface area contributed by atoms with Crippen molar-refractivity contribution in [3.8, 4) is 0 Å². The van der Waals surface area contributed by atoms with Gasteiger partial charge in [0.1, 0.15) is 11.4 Å². The summed E-state index contributed by atoms with van der Waals surface area (Å²) in [7, 11) is 0. The summed E-state index contributed by atoms with van der Waals surface area (Å²) in [5.74, 6) is 1.33. The van der Waals surface area contributed by atoms with E-state index in [1.165, 1.54) is 0 Å². The largest absolute Gasteiger partial charge is 0.383 e. The number of para-hydroxylation sites is 2. The van der Waals surface area contributed by atoms with Crippen LogP contribution in [0.1, 0.15) is 39.9 Å². The molecule has 98 valence electrons. The van der Waals surface area contributed by atoms with Gasteiger partial charge in [0.2, 0.25) is 0 Å². The molecule has 0 spiro atoms. The molecule has 1 atom stereocenters. The Morgan fingerprint density at radius 2 is 2.00 bits per heavy atom. The highest BCUT2D eigenvalue weighted by molar-refractivity contribution is 5.76. The number of benzene rings is 1. The predicted molar refractivity (Wildman–Crippen MR) is 74.4 cm³/mol. The number of fused-ring (bicyclic) bond motifs is 1. The minimum atomic E-state index is -0.910. The summed E-state index contributed by atoms with van der Waals surface area (Å²) >= 11 is 0. The third-order valence-electron chi connectivity index (χ3n) is 3.39. The molecule has 2 aromatic rings. The Labute approximate surface area is 108 Å². The average Bonchev–Trinajstić information content (AvgIpc) is 2.68. The summed E-state index contributed by atoms with van der Waals surface area (Å²) in [6.45, 7) is 8.90. The van der Waals surface area contributed by atoms with Crippen LogP contribution in [-0.2, 0) is 12.1 Å². The molecule has 0 aliphatic heterocycles. The first-order valence-electron chi connectivity index (χ1n) is 6.61. The van der Waals surface area contributed by atoms with E-state index in [0.717, 1.165) is 29.8 Å². The molecule has 0 radical (unpaired) electrons. The molecular weight excluding hydrogens is 224 g/mol. The van der Waals surface area contributed by atoms with Crippen LogP contribution in [0.3, 0.4) is 0 Å². The van der Waals surface area contributed by atoms with Gasteiger partial charge in [-0.1, -0.05) is 32.4 Å². The molecule has 3 nitrogen and oxygen atoms in total. The van der Waals surface area contributed by atoms with Crippen LogP contribution in [0.2, 0.25) is 0 Å². The van der Waals surface area contributed by atoms with Crippen LogP contribution >= 0.6 is 0 Å². The van der Waals surface area contributed by atoms with Gasteiger partial charge in [-0.15, -0.1) is 0 Å². The van der Waals surface area contributed by atoms with Crippen molar-refractivity contribution in [3.63, 3.8) is 0 Å². The second kappa shape index (κ2) is 4.73. The lowest BCUT2D eigenvalue weighted by atomic mass is 10.1. The van der Waals surface area contributed by atoms with Gasteiger partial charge in [0, 0.05) is 6.54 Å². The average molecular weight is 246 g/mol. The van der Waals surface area contributed by atoms with E-state index in [-0.39, 0.29) is 0 Å². The fourth-order valence-electron chi connectivity index (χ4n) is 2.17. The first-order valence-corrected chi connectivity index (χ1v) is 6.61. The fourth-order valence-corrected chi connectivity index (χ4v) is 2.17. The van der Waals surface area contributed by atoms with Crippen LogP contribution in [0.5, 0.6) is 0 Å². The van der Waals surface area contributed by atoms with Crippen LogP contribution < -0.4 is 0 Å². The van der Waals surface area contributed by atoms with Gasteiger partial charge in [-0.05, 0) is 31.9 Å². The number of rotatable bonds is 4. The van der Waals surface area contributed by atoms with Gasteiger partial charge in [-0.2, -0.15) is 0 Å². The molecule has 1 aromatic carbocycles. The van der Waals surface area contributed by atoms with E-state index in [4.69, 9.17) is 0 Å². The topological polar surface area (TPSA) is 38.0 Å². The minimum absolute atomic E-state index is 0.573. The van der Waals surface area contributed by atoms with Crippen molar-refractivity contribution in [1.29, 1.82) is 0 Å². The van der Waals surface area contributed by atoms with Crippen molar-refractivity contribution in [2.45, 2.75) is 46.3 Å². The van der Waals surface area contributed by atoms with Crippen LogP contribution in [0.25, 0.3) is 11.0 Å². The normalized spacial score (nSPS) is 14.1. The van der Waals surface area contributed by atoms with E-state index in [1.54, 1.807) is 13.8 Å². The Kier molecular flexibility index (Phi) is 3.44. The molecule has 0 bridgehead atoms. The van der Waals surface area contributed by atoms with Crippen molar-refractivity contribution in [1.82, 2.24) is 9.55 Å². The lowest BCUT2D eigenvalue weighted by molar-refractivity contribution is 0.0644. The highest BCUT2D eigenvalue weighted by atomic mass is 16.3. The molecule has 0 saturated heterocycles. The Morgan fingerprint density at radius 3 is 2.61 bits per heavy atom. The molecule has 1 heterocycles. The first kappa shape index (κ1) is 13.1. The second-order valence-corrected chi connectivity index (χ2v) is 5.61. The molecular formula is C15H22N2O. The quantitative estimate of drug-likeness (QED) is 0.898. The lowest BCUT2D eigenvalue weighted by Gasteiger charge is -2.21. The zero-order valence-electron chi connectivity index (χ0n) is 11.6. The summed E-state index contributed by atoms with van der Waals surface area (Å²) in [5, 5.41) is 10.3. The van der Waals surface area contributed by atoms with E-state index in [9.17, 15) is 5.11 Å². The molecule has 2 rings (SSSR count). The lowest BCUT2D eigenvalue weighted by Crippen LogP contribution is -2.23. The predicted octanol–water partition coefficient (Wildman–Crippen LogP) is 3.31. The molecule has 1 aromatic heterocycles. The maximum atomic E-state index is 10.3. The van der Waals surface area contributed by atoms with Gasteiger partial charge < -0.3 is 9.67 Å². The first-order chi connectivity index (χ1) is 8.43. The smallest absolute Gasteiger partial charge is 0.141 e. The molecule has 0 aliphatic carbocycles. The van der Waals surface area contributed by atoms with Crippen LogP contribution in [0.15, 0.2) is 24.3 Å². The third-order valence-corrected chi connectivity index (χ3v) is 3.39. The van der Waals surface area contributed by atoms with Crippen molar-refractivity contribution in [2.24, 2.45) is 5.92 Å². The number of aromatic nitrogens is 2. The van der Waals surface area contributed by atoms with Gasteiger partial charge >= 0.3 is 0 Å². The number of nitrogens with zero attached hydrogens (tertiary/aromatic N) is 2. The molecule has 1 N–H and O–H groups in total. The maximum absolute atomic E-state index is 10.3.